The Morgan fingerprint density at radius 1 is 1.03 bits per heavy atom. The fourth-order valence-electron chi connectivity index (χ4n) is 3.77. The lowest BCUT2D eigenvalue weighted by Crippen LogP contribution is -2.42. The van der Waals surface area contributed by atoms with Crippen LogP contribution in [0.2, 0.25) is 0 Å². The first-order chi connectivity index (χ1) is 15.1. The van der Waals surface area contributed by atoms with Crippen LogP contribution in [0.5, 0.6) is 0 Å². The maximum absolute atomic E-state index is 12.9. The van der Waals surface area contributed by atoms with Gasteiger partial charge in [0.1, 0.15) is 19.8 Å². The summed E-state index contributed by atoms with van der Waals surface area (Å²) in [7, 11) is 0. The SMILES string of the molecule is CC(COC(=O)c1ccc2c(=O)c3ccccc3sc2c1)(C1=NCCO1)C1=NCCO1. The molecule has 8 heteroatoms. The van der Waals surface area contributed by atoms with E-state index in [0.717, 1.165) is 9.40 Å². The summed E-state index contributed by atoms with van der Waals surface area (Å²) in [5.74, 6) is 0.464. The molecule has 0 bridgehead atoms. The zero-order valence-electron chi connectivity index (χ0n) is 16.9. The van der Waals surface area contributed by atoms with Crippen LogP contribution in [0.3, 0.4) is 0 Å². The van der Waals surface area contributed by atoms with Gasteiger partial charge >= 0.3 is 5.97 Å². The van der Waals surface area contributed by atoms with E-state index in [1.807, 2.05) is 31.2 Å². The van der Waals surface area contributed by atoms with Crippen LogP contribution in [0, 0.1) is 5.41 Å². The second kappa shape index (κ2) is 7.77. The Balaban J connectivity index is 1.43. The maximum Gasteiger partial charge on any atom is 0.338 e. The van der Waals surface area contributed by atoms with Gasteiger partial charge < -0.3 is 14.2 Å². The molecule has 0 saturated carbocycles. The van der Waals surface area contributed by atoms with Crippen molar-refractivity contribution >= 4 is 49.3 Å². The van der Waals surface area contributed by atoms with Crippen LogP contribution < -0.4 is 5.43 Å². The fourth-order valence-corrected chi connectivity index (χ4v) is 4.88. The van der Waals surface area contributed by atoms with Crippen LogP contribution in [0.25, 0.3) is 20.2 Å². The number of hydrogen-bond donors (Lipinski definition) is 0. The Hall–Kier alpha value is -3.26. The Morgan fingerprint density at radius 3 is 2.39 bits per heavy atom. The Labute approximate surface area is 182 Å². The highest BCUT2D eigenvalue weighted by molar-refractivity contribution is 7.24. The number of nitrogens with zero attached hydrogens (tertiary/aromatic N) is 2. The third-order valence-corrected chi connectivity index (χ3v) is 6.55. The van der Waals surface area contributed by atoms with Gasteiger partial charge in [-0.25, -0.2) is 4.79 Å². The number of benzene rings is 2. The number of hydrogen-bond acceptors (Lipinski definition) is 8. The zero-order chi connectivity index (χ0) is 21.4. The monoisotopic (exact) mass is 436 g/mol. The van der Waals surface area contributed by atoms with Crippen molar-refractivity contribution in [2.45, 2.75) is 6.92 Å². The molecule has 0 amide bonds. The first-order valence-corrected chi connectivity index (χ1v) is 10.9. The molecule has 0 radical (unpaired) electrons. The predicted octanol–water partition coefficient (Wildman–Crippen LogP) is 3.44. The molecule has 1 aromatic heterocycles. The standard InChI is InChI=1S/C23H20N2O5S/c1-23(21-24-8-10-28-21,22-25-9-11-29-22)13-30-20(27)14-6-7-16-18(12-14)31-17-5-3-2-4-15(17)19(16)26/h2-7,12H,8-11,13H2,1H3. The minimum Gasteiger partial charge on any atom is -0.478 e. The molecule has 3 heterocycles. The number of esters is 1. The summed E-state index contributed by atoms with van der Waals surface area (Å²) in [5.41, 5.74) is -0.519. The average Bonchev–Trinajstić information content (AvgIpc) is 3.52. The molecular weight excluding hydrogens is 416 g/mol. The van der Waals surface area contributed by atoms with E-state index in [9.17, 15) is 9.59 Å². The molecule has 2 aromatic carbocycles. The summed E-state index contributed by atoms with van der Waals surface area (Å²) in [6, 6.07) is 12.5. The summed E-state index contributed by atoms with van der Waals surface area (Å²) >= 11 is 1.48. The largest absolute Gasteiger partial charge is 0.478 e. The van der Waals surface area contributed by atoms with Crippen LogP contribution in [-0.4, -0.2) is 50.7 Å². The summed E-state index contributed by atoms with van der Waals surface area (Å²) in [6.45, 7) is 3.95. The van der Waals surface area contributed by atoms with Crippen LogP contribution in [0.1, 0.15) is 17.3 Å². The lowest BCUT2D eigenvalue weighted by Gasteiger charge is -2.27. The predicted molar refractivity (Wildman–Crippen MR) is 120 cm³/mol. The van der Waals surface area contributed by atoms with Crippen molar-refractivity contribution in [3.05, 3.63) is 58.3 Å². The quantitative estimate of drug-likeness (QED) is 0.452. The third-order valence-electron chi connectivity index (χ3n) is 5.42. The van der Waals surface area contributed by atoms with Gasteiger partial charge in [0.15, 0.2) is 10.8 Å². The molecule has 0 atom stereocenters. The molecule has 3 aromatic rings. The van der Waals surface area contributed by atoms with Gasteiger partial charge in [-0.15, -0.1) is 11.3 Å². The Morgan fingerprint density at radius 2 is 1.71 bits per heavy atom. The first kappa shape index (κ1) is 19.7. The molecule has 0 aliphatic carbocycles. The molecule has 5 rings (SSSR count). The molecular formula is C23H20N2O5S. The summed E-state index contributed by atoms with van der Waals surface area (Å²) < 4.78 is 18.6. The number of ether oxygens (including phenoxy) is 3. The van der Waals surface area contributed by atoms with Gasteiger partial charge in [0.25, 0.3) is 0 Å². The van der Waals surface area contributed by atoms with E-state index in [1.165, 1.54) is 11.3 Å². The van der Waals surface area contributed by atoms with Crippen molar-refractivity contribution in [3.8, 4) is 0 Å². The summed E-state index contributed by atoms with van der Waals surface area (Å²) in [4.78, 5) is 34.4. The van der Waals surface area contributed by atoms with Gasteiger partial charge in [-0.05, 0) is 37.3 Å². The molecule has 0 unspecified atom stereocenters. The van der Waals surface area contributed by atoms with Crippen molar-refractivity contribution in [1.82, 2.24) is 0 Å². The minimum atomic E-state index is -0.861. The maximum atomic E-state index is 12.9. The smallest absolute Gasteiger partial charge is 0.338 e. The van der Waals surface area contributed by atoms with E-state index in [-0.39, 0.29) is 12.0 Å². The fraction of sp³-hybridized carbons (Fsp3) is 0.304. The lowest BCUT2D eigenvalue weighted by atomic mass is 9.91. The average molecular weight is 436 g/mol. The van der Waals surface area contributed by atoms with Gasteiger partial charge in [0.05, 0.1) is 18.7 Å². The number of fused-ring (bicyclic) bond motifs is 2. The third kappa shape index (κ3) is 3.46. The van der Waals surface area contributed by atoms with Gasteiger partial charge in [-0.1, -0.05) is 12.1 Å². The van der Waals surface area contributed by atoms with E-state index in [4.69, 9.17) is 14.2 Å². The van der Waals surface area contributed by atoms with E-state index in [2.05, 4.69) is 9.98 Å². The van der Waals surface area contributed by atoms with Crippen LogP contribution in [0.15, 0.2) is 57.2 Å². The van der Waals surface area contributed by atoms with Crippen molar-refractivity contribution in [3.63, 3.8) is 0 Å². The molecule has 2 aliphatic heterocycles. The molecule has 0 fully saturated rings. The van der Waals surface area contributed by atoms with Gasteiger partial charge in [-0.2, -0.15) is 0 Å². The molecule has 0 spiro atoms. The van der Waals surface area contributed by atoms with E-state index < -0.39 is 11.4 Å². The number of carbonyl (C=O) groups is 1. The van der Waals surface area contributed by atoms with Crippen molar-refractivity contribution < 1.29 is 19.0 Å². The zero-order valence-corrected chi connectivity index (χ0v) is 17.7. The van der Waals surface area contributed by atoms with E-state index in [1.54, 1.807) is 18.2 Å². The van der Waals surface area contributed by atoms with Crippen molar-refractivity contribution in [2.24, 2.45) is 15.4 Å². The summed E-state index contributed by atoms with van der Waals surface area (Å²) in [5, 5.41) is 1.27. The Bertz CT molecular complexity index is 1290. The van der Waals surface area contributed by atoms with Crippen molar-refractivity contribution in [1.29, 1.82) is 0 Å². The highest BCUT2D eigenvalue weighted by atomic mass is 32.1. The van der Waals surface area contributed by atoms with E-state index in [0.29, 0.717) is 54.4 Å². The Kier molecular flexibility index (Phi) is 4.94. The molecule has 31 heavy (non-hydrogen) atoms. The van der Waals surface area contributed by atoms with Gasteiger partial charge in [-0.3, -0.25) is 14.8 Å². The highest BCUT2D eigenvalue weighted by Crippen LogP contribution is 2.29. The summed E-state index contributed by atoms with van der Waals surface area (Å²) in [6.07, 6.45) is 0. The second-order valence-corrected chi connectivity index (χ2v) is 8.70. The lowest BCUT2D eigenvalue weighted by molar-refractivity contribution is 0.0424. The highest BCUT2D eigenvalue weighted by Gasteiger charge is 2.44. The van der Waals surface area contributed by atoms with Gasteiger partial charge in [0.2, 0.25) is 11.8 Å². The second-order valence-electron chi connectivity index (χ2n) is 7.62. The molecule has 2 aliphatic rings. The number of rotatable bonds is 5. The molecule has 0 N–H and O–H groups in total. The van der Waals surface area contributed by atoms with Crippen LogP contribution >= 0.6 is 11.3 Å². The van der Waals surface area contributed by atoms with Gasteiger partial charge in [0, 0.05) is 20.2 Å². The normalized spacial score (nSPS) is 16.0. The number of carbonyl (C=O) groups excluding carboxylic acids is 1. The van der Waals surface area contributed by atoms with Crippen molar-refractivity contribution in [2.75, 3.05) is 32.9 Å². The minimum absolute atomic E-state index is 0.00447. The van der Waals surface area contributed by atoms with E-state index >= 15 is 0 Å². The van der Waals surface area contributed by atoms with Crippen LogP contribution in [-0.2, 0) is 14.2 Å². The molecule has 7 nitrogen and oxygen atoms in total. The molecule has 158 valence electrons. The first-order valence-electron chi connectivity index (χ1n) is 10.0. The topological polar surface area (TPSA) is 86.6 Å². The molecule has 0 saturated heterocycles. The number of aliphatic imine (C=N–C) groups is 2. The van der Waals surface area contributed by atoms with Crippen LogP contribution in [0.4, 0.5) is 0 Å².